The van der Waals surface area contributed by atoms with Crippen LogP contribution in [0.5, 0.6) is 0 Å². The molecule has 0 unspecified atom stereocenters. The normalized spacial score (nSPS) is 22.0. The van der Waals surface area contributed by atoms with Crippen LogP contribution >= 0.6 is 0 Å². The first-order valence-corrected chi connectivity index (χ1v) is 5.61. The number of esters is 1. The standard InChI is InChI=1S/C12H16O4/c1-8(11(14)15)5-10(13)16-9-6-12(7-9)3-2-4-12/h9H,1-7H2,(H,14,15). The molecule has 0 aromatic rings. The number of carbonyl (C=O) groups is 2. The molecule has 16 heavy (non-hydrogen) atoms. The Morgan fingerprint density at radius 1 is 1.38 bits per heavy atom. The third-order valence-corrected chi connectivity index (χ3v) is 3.69. The van der Waals surface area contributed by atoms with Crippen molar-refractivity contribution in [3.05, 3.63) is 12.2 Å². The topological polar surface area (TPSA) is 63.6 Å². The first kappa shape index (κ1) is 11.2. The molecular formula is C12H16O4. The second kappa shape index (κ2) is 3.92. The molecule has 2 fully saturated rings. The van der Waals surface area contributed by atoms with Crippen LogP contribution in [0.1, 0.15) is 38.5 Å². The van der Waals surface area contributed by atoms with Gasteiger partial charge in [0.25, 0.3) is 0 Å². The summed E-state index contributed by atoms with van der Waals surface area (Å²) in [4.78, 5) is 21.8. The van der Waals surface area contributed by atoms with Crippen LogP contribution in [0.15, 0.2) is 12.2 Å². The van der Waals surface area contributed by atoms with Crippen LogP contribution in [-0.2, 0) is 14.3 Å². The lowest BCUT2D eigenvalue weighted by molar-refractivity contribution is -0.167. The number of aliphatic carboxylic acids is 1. The van der Waals surface area contributed by atoms with E-state index in [1.54, 1.807) is 0 Å². The molecule has 4 nitrogen and oxygen atoms in total. The van der Waals surface area contributed by atoms with Gasteiger partial charge in [0.15, 0.2) is 0 Å². The van der Waals surface area contributed by atoms with Gasteiger partial charge in [-0.1, -0.05) is 13.0 Å². The minimum absolute atomic E-state index is 0.00870. The molecule has 4 heteroatoms. The highest BCUT2D eigenvalue weighted by atomic mass is 16.5. The molecule has 0 atom stereocenters. The molecule has 2 rings (SSSR count). The van der Waals surface area contributed by atoms with Crippen LogP contribution in [0.3, 0.4) is 0 Å². The molecule has 0 aromatic carbocycles. The second-order valence-corrected chi connectivity index (χ2v) is 4.96. The summed E-state index contributed by atoms with van der Waals surface area (Å²) in [6.07, 6.45) is 5.51. The summed E-state index contributed by atoms with van der Waals surface area (Å²) in [6, 6.07) is 0. The Morgan fingerprint density at radius 3 is 2.44 bits per heavy atom. The van der Waals surface area contributed by atoms with Crippen molar-refractivity contribution in [2.45, 2.75) is 44.6 Å². The van der Waals surface area contributed by atoms with Gasteiger partial charge in [0, 0.05) is 5.57 Å². The number of carboxylic acids is 1. The van der Waals surface area contributed by atoms with Crippen LogP contribution < -0.4 is 0 Å². The Balaban J connectivity index is 1.69. The van der Waals surface area contributed by atoms with Crippen molar-refractivity contribution < 1.29 is 19.4 Å². The van der Waals surface area contributed by atoms with E-state index < -0.39 is 11.9 Å². The molecule has 0 radical (unpaired) electrons. The molecule has 0 amide bonds. The fourth-order valence-corrected chi connectivity index (χ4v) is 2.55. The van der Waals surface area contributed by atoms with Gasteiger partial charge >= 0.3 is 11.9 Å². The molecule has 1 N–H and O–H groups in total. The lowest BCUT2D eigenvalue weighted by Gasteiger charge is -2.53. The van der Waals surface area contributed by atoms with Crippen molar-refractivity contribution in [2.75, 3.05) is 0 Å². The third kappa shape index (κ3) is 2.10. The predicted molar refractivity (Wildman–Crippen MR) is 56.8 cm³/mol. The maximum atomic E-state index is 11.3. The number of carbonyl (C=O) groups excluding carboxylic acids is 1. The van der Waals surface area contributed by atoms with Crippen molar-refractivity contribution in [3.8, 4) is 0 Å². The summed E-state index contributed by atoms with van der Waals surface area (Å²) in [5, 5.41) is 8.56. The molecule has 2 aliphatic rings. The van der Waals surface area contributed by atoms with Crippen LogP contribution in [0.25, 0.3) is 0 Å². The predicted octanol–water partition coefficient (Wildman–Crippen LogP) is 1.89. The molecule has 0 aromatic heterocycles. The zero-order valence-corrected chi connectivity index (χ0v) is 9.20. The minimum Gasteiger partial charge on any atom is -0.478 e. The van der Waals surface area contributed by atoms with E-state index in [0.717, 1.165) is 12.8 Å². The molecule has 0 heterocycles. The molecule has 0 saturated heterocycles. The van der Waals surface area contributed by atoms with E-state index in [0.29, 0.717) is 5.41 Å². The SMILES string of the molecule is C=C(CC(=O)OC1CC2(CCC2)C1)C(=O)O. The zero-order chi connectivity index (χ0) is 11.8. The van der Waals surface area contributed by atoms with E-state index in [9.17, 15) is 9.59 Å². The van der Waals surface area contributed by atoms with E-state index in [2.05, 4.69) is 6.58 Å². The summed E-state index contributed by atoms with van der Waals surface area (Å²) >= 11 is 0. The van der Waals surface area contributed by atoms with Gasteiger partial charge in [0.2, 0.25) is 0 Å². The molecule has 0 bridgehead atoms. The third-order valence-electron chi connectivity index (χ3n) is 3.69. The van der Waals surface area contributed by atoms with Gasteiger partial charge in [-0.05, 0) is 31.1 Å². The fraction of sp³-hybridized carbons (Fsp3) is 0.667. The van der Waals surface area contributed by atoms with E-state index in [4.69, 9.17) is 9.84 Å². The molecule has 0 aliphatic heterocycles. The van der Waals surface area contributed by atoms with Crippen molar-refractivity contribution in [1.29, 1.82) is 0 Å². The quantitative estimate of drug-likeness (QED) is 0.585. The molecule has 88 valence electrons. The van der Waals surface area contributed by atoms with Crippen LogP contribution in [0, 0.1) is 5.41 Å². The monoisotopic (exact) mass is 224 g/mol. The summed E-state index contributed by atoms with van der Waals surface area (Å²) in [7, 11) is 0. The smallest absolute Gasteiger partial charge is 0.331 e. The van der Waals surface area contributed by atoms with Crippen molar-refractivity contribution in [3.63, 3.8) is 0 Å². The summed E-state index contributed by atoms with van der Waals surface area (Å²) in [6.45, 7) is 3.30. The van der Waals surface area contributed by atoms with Crippen molar-refractivity contribution in [2.24, 2.45) is 5.41 Å². The average molecular weight is 224 g/mol. The van der Waals surface area contributed by atoms with Gasteiger partial charge in [-0.15, -0.1) is 0 Å². The number of ether oxygens (including phenoxy) is 1. The van der Waals surface area contributed by atoms with Gasteiger partial charge < -0.3 is 9.84 Å². The summed E-state index contributed by atoms with van der Waals surface area (Å²) in [5.41, 5.74) is 0.358. The van der Waals surface area contributed by atoms with Gasteiger partial charge in [-0.2, -0.15) is 0 Å². The van der Waals surface area contributed by atoms with E-state index in [1.165, 1.54) is 19.3 Å². The Morgan fingerprint density at radius 2 is 2.00 bits per heavy atom. The Bertz CT molecular complexity index is 333. The second-order valence-electron chi connectivity index (χ2n) is 4.96. The Kier molecular flexibility index (Phi) is 2.74. The highest BCUT2D eigenvalue weighted by molar-refractivity contribution is 5.91. The molecule has 2 saturated carbocycles. The Labute approximate surface area is 94.3 Å². The van der Waals surface area contributed by atoms with Gasteiger partial charge in [-0.3, -0.25) is 4.79 Å². The molecular weight excluding hydrogens is 208 g/mol. The summed E-state index contributed by atoms with van der Waals surface area (Å²) in [5.74, 6) is -1.60. The zero-order valence-electron chi connectivity index (χ0n) is 9.20. The Hall–Kier alpha value is -1.32. The van der Waals surface area contributed by atoms with Gasteiger partial charge in [0.05, 0.1) is 6.42 Å². The number of hydrogen-bond donors (Lipinski definition) is 1. The highest BCUT2D eigenvalue weighted by Gasteiger charge is 2.49. The first-order chi connectivity index (χ1) is 7.51. The van der Waals surface area contributed by atoms with E-state index in [1.807, 2.05) is 0 Å². The minimum atomic E-state index is -1.14. The largest absolute Gasteiger partial charge is 0.478 e. The van der Waals surface area contributed by atoms with Gasteiger partial charge in [0.1, 0.15) is 6.10 Å². The lowest BCUT2D eigenvalue weighted by atomic mass is 9.55. The summed E-state index contributed by atoms with van der Waals surface area (Å²) < 4.78 is 5.18. The van der Waals surface area contributed by atoms with Crippen LogP contribution in [-0.4, -0.2) is 23.1 Å². The maximum Gasteiger partial charge on any atom is 0.331 e. The van der Waals surface area contributed by atoms with Crippen molar-refractivity contribution >= 4 is 11.9 Å². The fourth-order valence-electron chi connectivity index (χ4n) is 2.55. The number of carboxylic acid groups (broad SMARTS) is 1. The van der Waals surface area contributed by atoms with Gasteiger partial charge in [-0.25, -0.2) is 4.79 Å². The number of rotatable bonds is 4. The highest BCUT2D eigenvalue weighted by Crippen LogP contribution is 2.56. The number of hydrogen-bond acceptors (Lipinski definition) is 3. The maximum absolute atomic E-state index is 11.3. The molecule has 1 spiro atoms. The lowest BCUT2D eigenvalue weighted by Crippen LogP contribution is -2.47. The van der Waals surface area contributed by atoms with Crippen LogP contribution in [0.2, 0.25) is 0 Å². The molecule has 2 aliphatic carbocycles. The van der Waals surface area contributed by atoms with Crippen LogP contribution in [0.4, 0.5) is 0 Å². The first-order valence-electron chi connectivity index (χ1n) is 5.61. The van der Waals surface area contributed by atoms with Crippen molar-refractivity contribution in [1.82, 2.24) is 0 Å². The van der Waals surface area contributed by atoms with E-state index in [-0.39, 0.29) is 18.1 Å². The average Bonchev–Trinajstić information content (AvgIpc) is 2.06. The van der Waals surface area contributed by atoms with E-state index >= 15 is 0 Å².